The number of rotatable bonds is 5. The van der Waals surface area contributed by atoms with Gasteiger partial charge in [0.1, 0.15) is 0 Å². The van der Waals surface area contributed by atoms with E-state index in [4.69, 9.17) is 0 Å². The predicted octanol–water partition coefficient (Wildman–Crippen LogP) is 3.41. The van der Waals surface area contributed by atoms with Crippen LogP contribution in [-0.2, 0) is 17.8 Å². The van der Waals surface area contributed by atoms with Gasteiger partial charge in [0, 0.05) is 32.7 Å². The van der Waals surface area contributed by atoms with Gasteiger partial charge in [-0.25, -0.2) is 0 Å². The van der Waals surface area contributed by atoms with Crippen LogP contribution < -0.4 is 0 Å². The van der Waals surface area contributed by atoms with Crippen LogP contribution in [0.4, 0.5) is 0 Å². The number of thiophene rings is 1. The fourth-order valence-electron chi connectivity index (χ4n) is 3.20. The summed E-state index contributed by atoms with van der Waals surface area (Å²) in [6, 6.07) is 13.0. The Hall–Kier alpha value is -1.65. The van der Waals surface area contributed by atoms with Crippen LogP contribution in [0.3, 0.4) is 0 Å². The van der Waals surface area contributed by atoms with Crippen LogP contribution >= 0.6 is 11.3 Å². The molecular formula is C19H24N2OS. The van der Waals surface area contributed by atoms with Gasteiger partial charge in [0.2, 0.25) is 5.91 Å². The van der Waals surface area contributed by atoms with Crippen molar-refractivity contribution in [1.29, 1.82) is 0 Å². The van der Waals surface area contributed by atoms with Crippen molar-refractivity contribution < 1.29 is 4.79 Å². The predicted molar refractivity (Wildman–Crippen MR) is 95.5 cm³/mol. The van der Waals surface area contributed by atoms with Crippen LogP contribution in [0.15, 0.2) is 47.2 Å². The maximum absolute atomic E-state index is 12.4. The molecule has 0 radical (unpaired) electrons. The Balaban J connectivity index is 1.47. The fraction of sp³-hybridized carbons (Fsp3) is 0.421. The largest absolute Gasteiger partial charge is 0.342 e. The van der Waals surface area contributed by atoms with Gasteiger partial charge in [0.25, 0.3) is 0 Å². The molecule has 0 aliphatic carbocycles. The second kappa shape index (κ2) is 7.75. The van der Waals surface area contributed by atoms with Gasteiger partial charge in [0.15, 0.2) is 0 Å². The first-order valence-corrected chi connectivity index (χ1v) is 9.19. The summed E-state index contributed by atoms with van der Waals surface area (Å²) in [5, 5.41) is 4.10. The molecule has 0 N–H and O–H groups in total. The third-order valence-corrected chi connectivity index (χ3v) is 5.41. The summed E-state index contributed by atoms with van der Waals surface area (Å²) in [4.78, 5) is 16.9. The summed E-state index contributed by atoms with van der Waals surface area (Å²) >= 11 is 1.65. The van der Waals surface area contributed by atoms with E-state index in [-0.39, 0.29) is 5.91 Å². The quantitative estimate of drug-likeness (QED) is 0.840. The van der Waals surface area contributed by atoms with Crippen molar-refractivity contribution in [1.82, 2.24) is 9.80 Å². The zero-order valence-corrected chi connectivity index (χ0v) is 14.5. The Labute approximate surface area is 142 Å². The van der Waals surface area contributed by atoms with Gasteiger partial charge in [-0.1, -0.05) is 30.3 Å². The van der Waals surface area contributed by atoms with E-state index in [0.717, 1.165) is 38.0 Å². The summed E-state index contributed by atoms with van der Waals surface area (Å²) in [5.41, 5.74) is 2.50. The number of hydrogen-bond acceptors (Lipinski definition) is 3. The number of piperidine rings is 1. The van der Waals surface area contributed by atoms with Crippen LogP contribution in [-0.4, -0.2) is 41.9 Å². The highest BCUT2D eigenvalue weighted by Gasteiger charge is 2.25. The van der Waals surface area contributed by atoms with Crippen LogP contribution in [0.1, 0.15) is 24.0 Å². The summed E-state index contributed by atoms with van der Waals surface area (Å²) in [7, 11) is 1.96. The van der Waals surface area contributed by atoms with Crippen molar-refractivity contribution >= 4 is 17.2 Å². The van der Waals surface area contributed by atoms with Gasteiger partial charge in [0.05, 0.1) is 6.42 Å². The molecule has 2 heterocycles. The molecule has 23 heavy (non-hydrogen) atoms. The normalized spacial score (nSPS) is 16.4. The highest BCUT2D eigenvalue weighted by atomic mass is 32.1. The molecule has 0 atom stereocenters. The van der Waals surface area contributed by atoms with Crippen molar-refractivity contribution in [3.05, 3.63) is 58.3 Å². The van der Waals surface area contributed by atoms with Crippen molar-refractivity contribution in [3.63, 3.8) is 0 Å². The molecule has 1 amide bonds. The van der Waals surface area contributed by atoms with Crippen LogP contribution in [0.25, 0.3) is 0 Å². The number of carbonyl (C=O) groups is 1. The third-order valence-electron chi connectivity index (χ3n) is 4.68. The molecule has 1 aromatic carbocycles. The summed E-state index contributed by atoms with van der Waals surface area (Å²) < 4.78 is 0. The number of benzene rings is 1. The van der Waals surface area contributed by atoms with E-state index in [1.807, 2.05) is 23.4 Å². The first-order chi connectivity index (χ1) is 11.2. The van der Waals surface area contributed by atoms with E-state index in [0.29, 0.717) is 12.5 Å². The molecule has 3 nitrogen and oxygen atoms in total. The van der Waals surface area contributed by atoms with Crippen LogP contribution in [0, 0.1) is 0 Å². The van der Waals surface area contributed by atoms with Crippen molar-refractivity contribution in [2.45, 2.75) is 31.8 Å². The molecule has 3 rings (SSSR count). The van der Waals surface area contributed by atoms with E-state index in [9.17, 15) is 4.79 Å². The Kier molecular flexibility index (Phi) is 5.47. The highest BCUT2D eigenvalue weighted by molar-refractivity contribution is 7.07. The SMILES string of the molecule is CN(C(=O)Cc1ccsc1)C1CCN(Cc2ccccc2)CC1. The number of likely N-dealkylation sites (tertiary alicyclic amines) is 1. The smallest absolute Gasteiger partial charge is 0.227 e. The number of hydrogen-bond donors (Lipinski definition) is 0. The van der Waals surface area contributed by atoms with Gasteiger partial charge < -0.3 is 4.90 Å². The van der Waals surface area contributed by atoms with E-state index in [2.05, 4.69) is 40.6 Å². The maximum Gasteiger partial charge on any atom is 0.227 e. The molecule has 0 bridgehead atoms. The number of carbonyl (C=O) groups excluding carboxylic acids is 1. The number of likely N-dealkylation sites (N-methyl/N-ethyl adjacent to an activating group) is 1. The van der Waals surface area contributed by atoms with Gasteiger partial charge in [-0.15, -0.1) is 0 Å². The van der Waals surface area contributed by atoms with Gasteiger partial charge >= 0.3 is 0 Å². The zero-order valence-electron chi connectivity index (χ0n) is 13.6. The Bertz CT molecular complexity index is 604. The molecule has 4 heteroatoms. The first-order valence-electron chi connectivity index (χ1n) is 8.25. The lowest BCUT2D eigenvalue weighted by Gasteiger charge is -2.36. The summed E-state index contributed by atoms with van der Waals surface area (Å²) in [6.45, 7) is 3.14. The summed E-state index contributed by atoms with van der Waals surface area (Å²) in [5.74, 6) is 0.241. The number of nitrogens with zero attached hydrogens (tertiary/aromatic N) is 2. The molecule has 1 fully saturated rings. The average Bonchev–Trinajstić information content (AvgIpc) is 3.09. The Morgan fingerprint density at radius 1 is 1.17 bits per heavy atom. The zero-order chi connectivity index (χ0) is 16.1. The molecule has 0 unspecified atom stereocenters. The van der Waals surface area contributed by atoms with E-state index in [1.54, 1.807) is 11.3 Å². The molecule has 1 aliphatic heterocycles. The van der Waals surface area contributed by atoms with Crippen LogP contribution in [0.5, 0.6) is 0 Å². The molecular weight excluding hydrogens is 304 g/mol. The lowest BCUT2D eigenvalue weighted by Crippen LogP contribution is -2.45. The fourth-order valence-corrected chi connectivity index (χ4v) is 3.87. The Morgan fingerprint density at radius 2 is 1.91 bits per heavy atom. The first kappa shape index (κ1) is 16.2. The van der Waals surface area contributed by atoms with Crippen molar-refractivity contribution in [2.24, 2.45) is 0 Å². The molecule has 2 aromatic rings. The lowest BCUT2D eigenvalue weighted by atomic mass is 10.0. The standard InChI is InChI=1S/C19H24N2OS/c1-20(19(22)13-17-9-12-23-15-17)18-7-10-21(11-8-18)14-16-5-3-2-4-6-16/h2-6,9,12,15,18H,7-8,10-11,13-14H2,1H3. The highest BCUT2D eigenvalue weighted by Crippen LogP contribution is 2.19. The minimum atomic E-state index is 0.241. The molecule has 1 aliphatic rings. The van der Waals surface area contributed by atoms with E-state index < -0.39 is 0 Å². The van der Waals surface area contributed by atoms with Gasteiger partial charge in [-0.3, -0.25) is 9.69 Å². The minimum Gasteiger partial charge on any atom is -0.342 e. The molecule has 1 saturated heterocycles. The van der Waals surface area contributed by atoms with Gasteiger partial charge in [-0.2, -0.15) is 11.3 Å². The third kappa shape index (κ3) is 4.43. The number of amides is 1. The van der Waals surface area contributed by atoms with E-state index >= 15 is 0 Å². The van der Waals surface area contributed by atoms with E-state index in [1.165, 1.54) is 5.56 Å². The monoisotopic (exact) mass is 328 g/mol. The average molecular weight is 328 g/mol. The summed E-state index contributed by atoms with van der Waals surface area (Å²) in [6.07, 6.45) is 2.67. The van der Waals surface area contributed by atoms with Crippen LogP contribution in [0.2, 0.25) is 0 Å². The molecule has 0 spiro atoms. The topological polar surface area (TPSA) is 23.6 Å². The Morgan fingerprint density at radius 3 is 2.57 bits per heavy atom. The van der Waals surface area contributed by atoms with Crippen molar-refractivity contribution in [2.75, 3.05) is 20.1 Å². The molecule has 1 aromatic heterocycles. The molecule has 122 valence electrons. The second-order valence-corrected chi connectivity index (χ2v) is 7.09. The molecule has 0 saturated carbocycles. The van der Waals surface area contributed by atoms with Gasteiger partial charge in [-0.05, 0) is 40.8 Å². The lowest BCUT2D eigenvalue weighted by molar-refractivity contribution is -0.132. The maximum atomic E-state index is 12.4. The van der Waals surface area contributed by atoms with Crippen molar-refractivity contribution in [3.8, 4) is 0 Å². The second-order valence-electron chi connectivity index (χ2n) is 6.31. The minimum absolute atomic E-state index is 0.241.